The van der Waals surface area contributed by atoms with Crippen LogP contribution in [-0.4, -0.2) is 35.9 Å². The Morgan fingerprint density at radius 1 is 1.21 bits per heavy atom. The van der Waals surface area contributed by atoms with Gasteiger partial charge in [-0.05, 0) is 39.0 Å². The number of hydrogen-bond donors (Lipinski definition) is 3. The molecule has 0 aliphatic heterocycles. The van der Waals surface area contributed by atoms with Gasteiger partial charge in [0.15, 0.2) is 0 Å². The molecule has 0 spiro atoms. The SMILES string of the molecule is COC(=O)C(N)C(C)(C)c1cc(NC(=O)OC(C)(C)C)ccc1O. The van der Waals surface area contributed by atoms with Crippen LogP contribution >= 0.6 is 0 Å². The molecule has 1 unspecified atom stereocenters. The normalized spacial score (nSPS) is 13.1. The predicted molar refractivity (Wildman–Crippen MR) is 91.0 cm³/mol. The molecule has 4 N–H and O–H groups in total. The maximum absolute atomic E-state index is 11.9. The van der Waals surface area contributed by atoms with Gasteiger partial charge in [0.2, 0.25) is 0 Å². The number of ether oxygens (including phenoxy) is 2. The Labute approximate surface area is 142 Å². The zero-order chi connectivity index (χ0) is 18.7. The molecule has 1 aromatic carbocycles. The second-order valence-electron chi connectivity index (χ2n) is 7.08. The molecule has 0 aliphatic rings. The molecule has 134 valence electrons. The summed E-state index contributed by atoms with van der Waals surface area (Å²) in [6.07, 6.45) is -0.616. The Morgan fingerprint density at radius 2 is 1.79 bits per heavy atom. The van der Waals surface area contributed by atoms with Crippen molar-refractivity contribution in [3.63, 3.8) is 0 Å². The predicted octanol–water partition coefficient (Wildman–Crippen LogP) is 2.52. The highest BCUT2D eigenvalue weighted by molar-refractivity contribution is 5.85. The molecule has 7 heteroatoms. The number of nitrogens with two attached hydrogens (primary N) is 1. The molecule has 0 aliphatic carbocycles. The molecular formula is C17H26N2O5. The van der Waals surface area contributed by atoms with Crippen molar-refractivity contribution in [1.82, 2.24) is 0 Å². The smallest absolute Gasteiger partial charge is 0.412 e. The van der Waals surface area contributed by atoms with Crippen LogP contribution in [0.4, 0.5) is 10.5 Å². The molecule has 0 aromatic heterocycles. The van der Waals surface area contributed by atoms with E-state index in [9.17, 15) is 14.7 Å². The van der Waals surface area contributed by atoms with Crippen LogP contribution in [0, 0.1) is 0 Å². The first-order valence-electron chi connectivity index (χ1n) is 7.55. The van der Waals surface area contributed by atoms with Crippen molar-refractivity contribution in [2.45, 2.75) is 51.7 Å². The molecule has 1 rings (SSSR count). The lowest BCUT2D eigenvalue weighted by molar-refractivity contribution is -0.143. The van der Waals surface area contributed by atoms with Gasteiger partial charge < -0.3 is 20.3 Å². The van der Waals surface area contributed by atoms with Crippen LogP contribution in [0.2, 0.25) is 0 Å². The van der Waals surface area contributed by atoms with Crippen molar-refractivity contribution in [2.75, 3.05) is 12.4 Å². The Hall–Kier alpha value is -2.28. The van der Waals surface area contributed by atoms with Crippen LogP contribution in [-0.2, 0) is 19.7 Å². The number of anilines is 1. The van der Waals surface area contributed by atoms with Crippen LogP contribution < -0.4 is 11.1 Å². The first-order valence-corrected chi connectivity index (χ1v) is 7.55. The van der Waals surface area contributed by atoms with Crippen LogP contribution in [0.25, 0.3) is 0 Å². The molecule has 1 aromatic rings. The highest BCUT2D eigenvalue weighted by atomic mass is 16.6. The molecule has 1 amide bonds. The Balaban J connectivity index is 3.10. The Bertz CT molecular complexity index is 620. The fourth-order valence-electron chi connectivity index (χ4n) is 2.14. The second kappa shape index (κ2) is 7.09. The van der Waals surface area contributed by atoms with Gasteiger partial charge in [-0.1, -0.05) is 13.8 Å². The van der Waals surface area contributed by atoms with Crippen LogP contribution in [0.15, 0.2) is 18.2 Å². The van der Waals surface area contributed by atoms with E-state index in [0.717, 1.165) is 0 Å². The van der Waals surface area contributed by atoms with Crippen molar-refractivity contribution >= 4 is 17.7 Å². The summed E-state index contributed by atoms with van der Waals surface area (Å²) in [6, 6.07) is 3.53. The summed E-state index contributed by atoms with van der Waals surface area (Å²) in [5, 5.41) is 12.7. The van der Waals surface area contributed by atoms with Crippen LogP contribution in [0.3, 0.4) is 0 Å². The average molecular weight is 338 g/mol. The minimum atomic E-state index is -0.981. The first kappa shape index (κ1) is 19.8. The molecule has 0 bridgehead atoms. The Kier molecular flexibility index (Phi) is 5.84. The second-order valence-corrected chi connectivity index (χ2v) is 7.08. The molecule has 24 heavy (non-hydrogen) atoms. The van der Waals surface area contributed by atoms with Gasteiger partial charge in [0, 0.05) is 16.7 Å². The number of carbonyl (C=O) groups excluding carboxylic acids is 2. The number of rotatable bonds is 4. The van der Waals surface area contributed by atoms with E-state index < -0.39 is 29.1 Å². The van der Waals surface area contributed by atoms with Gasteiger partial charge in [-0.2, -0.15) is 0 Å². The van der Waals surface area contributed by atoms with E-state index in [-0.39, 0.29) is 5.75 Å². The van der Waals surface area contributed by atoms with Crippen molar-refractivity contribution in [3.8, 4) is 5.75 Å². The van der Waals surface area contributed by atoms with Gasteiger partial charge in [0.1, 0.15) is 17.4 Å². The number of nitrogens with one attached hydrogen (secondary N) is 1. The van der Waals surface area contributed by atoms with E-state index in [0.29, 0.717) is 11.3 Å². The lowest BCUT2D eigenvalue weighted by atomic mass is 9.77. The molecule has 0 radical (unpaired) electrons. The summed E-state index contributed by atoms with van der Waals surface area (Å²) in [5.74, 6) is -0.626. The van der Waals surface area contributed by atoms with Crippen LogP contribution in [0.5, 0.6) is 5.75 Å². The maximum atomic E-state index is 11.9. The first-order chi connectivity index (χ1) is 10.9. The van der Waals surface area contributed by atoms with Crippen molar-refractivity contribution in [2.24, 2.45) is 5.73 Å². The molecule has 0 saturated heterocycles. The summed E-state index contributed by atoms with van der Waals surface area (Å²) in [6.45, 7) is 8.69. The summed E-state index contributed by atoms with van der Waals surface area (Å²) < 4.78 is 9.86. The van der Waals surface area contributed by atoms with E-state index in [1.165, 1.54) is 19.2 Å². The third-order valence-electron chi connectivity index (χ3n) is 3.57. The van der Waals surface area contributed by atoms with Gasteiger partial charge in [-0.25, -0.2) is 4.79 Å². The summed E-state index contributed by atoms with van der Waals surface area (Å²) in [7, 11) is 1.25. The zero-order valence-corrected chi connectivity index (χ0v) is 15.0. The van der Waals surface area contributed by atoms with Gasteiger partial charge in [-0.3, -0.25) is 10.1 Å². The number of hydrogen-bond acceptors (Lipinski definition) is 6. The van der Waals surface area contributed by atoms with E-state index in [1.54, 1.807) is 40.7 Å². The molecule has 0 saturated carbocycles. The summed E-state index contributed by atoms with van der Waals surface area (Å²) >= 11 is 0. The topological polar surface area (TPSA) is 111 Å². The maximum Gasteiger partial charge on any atom is 0.412 e. The van der Waals surface area contributed by atoms with E-state index in [4.69, 9.17) is 10.5 Å². The van der Waals surface area contributed by atoms with Crippen molar-refractivity contribution in [1.29, 1.82) is 0 Å². The molecular weight excluding hydrogens is 312 g/mol. The lowest BCUT2D eigenvalue weighted by Gasteiger charge is -2.31. The molecule has 1 atom stereocenters. The molecule has 0 fully saturated rings. The fourth-order valence-corrected chi connectivity index (χ4v) is 2.14. The van der Waals surface area contributed by atoms with Gasteiger partial charge in [0.05, 0.1) is 7.11 Å². The summed E-state index contributed by atoms with van der Waals surface area (Å²) in [4.78, 5) is 23.6. The van der Waals surface area contributed by atoms with Crippen LogP contribution in [0.1, 0.15) is 40.2 Å². The zero-order valence-electron chi connectivity index (χ0n) is 15.0. The quantitative estimate of drug-likeness (QED) is 0.574. The largest absolute Gasteiger partial charge is 0.508 e. The molecule has 0 heterocycles. The number of methoxy groups -OCH3 is 1. The molecule has 7 nitrogen and oxygen atoms in total. The van der Waals surface area contributed by atoms with Gasteiger partial charge >= 0.3 is 12.1 Å². The van der Waals surface area contributed by atoms with E-state index >= 15 is 0 Å². The van der Waals surface area contributed by atoms with E-state index in [2.05, 4.69) is 10.1 Å². The number of phenolic OH excluding ortho intramolecular Hbond substituents is 1. The minimum Gasteiger partial charge on any atom is -0.508 e. The number of benzene rings is 1. The summed E-state index contributed by atoms with van der Waals surface area (Å²) in [5.41, 5.74) is 5.23. The lowest BCUT2D eigenvalue weighted by Crippen LogP contribution is -2.47. The monoisotopic (exact) mass is 338 g/mol. The van der Waals surface area contributed by atoms with E-state index in [1.807, 2.05) is 0 Å². The van der Waals surface area contributed by atoms with Gasteiger partial charge in [0.25, 0.3) is 0 Å². The third-order valence-corrected chi connectivity index (χ3v) is 3.57. The van der Waals surface area contributed by atoms with Gasteiger partial charge in [-0.15, -0.1) is 0 Å². The average Bonchev–Trinajstić information content (AvgIpc) is 2.45. The highest BCUT2D eigenvalue weighted by Gasteiger charge is 2.36. The minimum absolute atomic E-state index is 0.0332. The third kappa shape index (κ3) is 4.86. The van der Waals surface area contributed by atoms with Crippen molar-refractivity contribution < 1.29 is 24.2 Å². The number of amides is 1. The number of aromatic hydroxyl groups is 1. The Morgan fingerprint density at radius 3 is 2.29 bits per heavy atom. The highest BCUT2D eigenvalue weighted by Crippen LogP contribution is 2.35. The number of esters is 1. The number of carbonyl (C=O) groups is 2. The number of phenols is 1. The fraction of sp³-hybridized carbons (Fsp3) is 0.529. The van der Waals surface area contributed by atoms with Crippen molar-refractivity contribution in [3.05, 3.63) is 23.8 Å². The standard InChI is InChI=1S/C17H26N2O5/c1-16(2,3)24-15(22)19-10-7-8-12(20)11(9-10)17(4,5)13(18)14(21)23-6/h7-9,13,20H,18H2,1-6H3,(H,19,22).